The Kier molecular flexibility index (Phi) is 6.42. The van der Waals surface area contributed by atoms with E-state index in [-0.39, 0.29) is 22.3 Å². The van der Waals surface area contributed by atoms with Crippen LogP contribution in [0.1, 0.15) is 24.2 Å². The number of halogens is 1. The summed E-state index contributed by atoms with van der Waals surface area (Å²) in [5.41, 5.74) is 0.314. The highest BCUT2D eigenvalue weighted by Gasteiger charge is 2.15. The van der Waals surface area contributed by atoms with Crippen molar-refractivity contribution in [2.75, 3.05) is 12.4 Å². The summed E-state index contributed by atoms with van der Waals surface area (Å²) in [6.07, 6.45) is 0.836. The second kappa shape index (κ2) is 8.05. The zero-order valence-corrected chi connectivity index (χ0v) is 13.1. The maximum atomic E-state index is 11.7. The minimum absolute atomic E-state index is 0.125. The van der Waals surface area contributed by atoms with Gasteiger partial charge >= 0.3 is 11.9 Å². The first-order valence-electron chi connectivity index (χ1n) is 6.35. The van der Waals surface area contributed by atoms with Gasteiger partial charge in [0, 0.05) is 6.20 Å². The van der Waals surface area contributed by atoms with Crippen molar-refractivity contribution in [2.24, 2.45) is 0 Å². The van der Waals surface area contributed by atoms with Crippen LogP contribution >= 0.6 is 11.6 Å². The van der Waals surface area contributed by atoms with Crippen molar-refractivity contribution in [1.29, 1.82) is 5.26 Å². The normalized spacial score (nSPS) is 10.8. The summed E-state index contributed by atoms with van der Waals surface area (Å²) in [5.74, 6) is -1.33. The molecule has 0 aliphatic carbocycles. The molecule has 116 valence electrons. The van der Waals surface area contributed by atoms with E-state index in [1.807, 2.05) is 0 Å². The van der Waals surface area contributed by atoms with Gasteiger partial charge in [-0.1, -0.05) is 17.7 Å². The fourth-order valence-electron chi connectivity index (χ4n) is 1.48. The Hall–Kier alpha value is -2.52. The Morgan fingerprint density at radius 2 is 2.09 bits per heavy atom. The SMILES string of the molecule is COC(=O)c1cccc(NC=C(C#N)C(=O)OC(C)C)c1Cl. The molecule has 1 N–H and O–H groups in total. The molecule has 0 bridgehead atoms. The molecule has 0 radical (unpaired) electrons. The number of ether oxygens (including phenoxy) is 2. The molecule has 0 spiro atoms. The van der Waals surface area contributed by atoms with Crippen LogP contribution in [0, 0.1) is 11.3 Å². The highest BCUT2D eigenvalue weighted by Crippen LogP contribution is 2.26. The van der Waals surface area contributed by atoms with E-state index < -0.39 is 11.9 Å². The second-order valence-corrected chi connectivity index (χ2v) is 4.80. The van der Waals surface area contributed by atoms with Gasteiger partial charge in [0.15, 0.2) is 5.57 Å². The van der Waals surface area contributed by atoms with Crippen LogP contribution in [0.5, 0.6) is 0 Å². The van der Waals surface area contributed by atoms with Crippen LogP contribution in [0.15, 0.2) is 30.0 Å². The van der Waals surface area contributed by atoms with Gasteiger partial charge in [-0.2, -0.15) is 5.26 Å². The molecule has 1 rings (SSSR count). The van der Waals surface area contributed by atoms with Gasteiger partial charge in [0.05, 0.1) is 29.5 Å². The number of nitriles is 1. The summed E-state index contributed by atoms with van der Waals surface area (Å²) in [7, 11) is 1.24. The first kappa shape index (κ1) is 17.5. The highest BCUT2D eigenvalue weighted by molar-refractivity contribution is 6.36. The topological polar surface area (TPSA) is 88.4 Å². The number of esters is 2. The van der Waals surface area contributed by atoms with E-state index in [4.69, 9.17) is 21.6 Å². The molecule has 1 aromatic rings. The number of hydrogen-bond acceptors (Lipinski definition) is 6. The number of rotatable bonds is 5. The smallest absolute Gasteiger partial charge is 0.350 e. The Morgan fingerprint density at radius 3 is 2.64 bits per heavy atom. The van der Waals surface area contributed by atoms with Gasteiger partial charge in [-0.15, -0.1) is 0 Å². The average molecular weight is 323 g/mol. The van der Waals surface area contributed by atoms with Gasteiger partial charge in [-0.3, -0.25) is 0 Å². The summed E-state index contributed by atoms with van der Waals surface area (Å²) in [4.78, 5) is 23.2. The molecule has 0 saturated heterocycles. The molecule has 0 atom stereocenters. The molecule has 22 heavy (non-hydrogen) atoms. The van der Waals surface area contributed by atoms with E-state index in [1.54, 1.807) is 32.0 Å². The van der Waals surface area contributed by atoms with Crippen molar-refractivity contribution in [2.45, 2.75) is 20.0 Å². The van der Waals surface area contributed by atoms with Crippen LogP contribution < -0.4 is 5.32 Å². The van der Waals surface area contributed by atoms with Gasteiger partial charge in [0.25, 0.3) is 0 Å². The fraction of sp³-hybridized carbons (Fsp3) is 0.267. The molecule has 0 amide bonds. The van der Waals surface area contributed by atoms with Crippen molar-refractivity contribution >= 4 is 29.2 Å². The minimum atomic E-state index is -0.745. The standard InChI is InChI=1S/C15H15ClN2O4/c1-9(2)22-14(19)10(7-17)8-18-12-6-4-5-11(13(12)16)15(20)21-3/h4-6,8-9,18H,1-3H3. The van der Waals surface area contributed by atoms with E-state index in [0.29, 0.717) is 5.69 Å². The third-order valence-electron chi connectivity index (χ3n) is 2.46. The molecule has 0 unspecified atom stereocenters. The molecule has 7 heteroatoms. The lowest BCUT2D eigenvalue weighted by molar-refractivity contribution is -0.142. The van der Waals surface area contributed by atoms with Crippen LogP contribution in [0.25, 0.3) is 0 Å². The van der Waals surface area contributed by atoms with E-state index in [9.17, 15) is 9.59 Å². The predicted octanol–water partition coefficient (Wildman–Crippen LogP) is 2.90. The fourth-order valence-corrected chi connectivity index (χ4v) is 1.73. The number of benzene rings is 1. The summed E-state index contributed by atoms with van der Waals surface area (Å²) in [5, 5.41) is 11.8. The molecule has 0 fully saturated rings. The number of nitrogens with zero attached hydrogens (tertiary/aromatic N) is 1. The first-order chi connectivity index (χ1) is 10.4. The van der Waals surface area contributed by atoms with Crippen molar-refractivity contribution in [3.63, 3.8) is 0 Å². The highest BCUT2D eigenvalue weighted by atomic mass is 35.5. The Balaban J connectivity index is 3.00. The van der Waals surface area contributed by atoms with Crippen molar-refractivity contribution in [3.05, 3.63) is 40.6 Å². The van der Waals surface area contributed by atoms with Crippen molar-refractivity contribution in [3.8, 4) is 6.07 Å². The summed E-state index contributed by atoms with van der Waals surface area (Å²) < 4.78 is 9.53. The zero-order valence-electron chi connectivity index (χ0n) is 12.3. The summed E-state index contributed by atoms with van der Waals surface area (Å²) in [6.45, 7) is 3.36. The number of carbonyl (C=O) groups excluding carboxylic acids is 2. The summed E-state index contributed by atoms with van der Waals surface area (Å²) in [6, 6.07) is 6.42. The lowest BCUT2D eigenvalue weighted by Gasteiger charge is -2.09. The third-order valence-corrected chi connectivity index (χ3v) is 2.87. The van der Waals surface area contributed by atoms with Gasteiger partial charge < -0.3 is 14.8 Å². The lowest BCUT2D eigenvalue weighted by atomic mass is 10.2. The van der Waals surface area contributed by atoms with Gasteiger partial charge in [0.2, 0.25) is 0 Å². The van der Waals surface area contributed by atoms with Crippen LogP contribution in [-0.2, 0) is 14.3 Å². The monoisotopic (exact) mass is 322 g/mol. The van der Waals surface area contributed by atoms with Gasteiger partial charge in [-0.05, 0) is 26.0 Å². The van der Waals surface area contributed by atoms with Gasteiger partial charge in [-0.25, -0.2) is 9.59 Å². The molecule has 0 aromatic heterocycles. The number of carbonyl (C=O) groups is 2. The third kappa shape index (κ3) is 4.50. The molecule has 1 aromatic carbocycles. The minimum Gasteiger partial charge on any atom is -0.465 e. The molecular weight excluding hydrogens is 308 g/mol. The average Bonchev–Trinajstić information content (AvgIpc) is 2.47. The van der Waals surface area contributed by atoms with Crippen LogP contribution in [0.4, 0.5) is 5.69 Å². The Morgan fingerprint density at radius 1 is 1.41 bits per heavy atom. The van der Waals surface area contributed by atoms with E-state index in [1.165, 1.54) is 19.4 Å². The number of anilines is 1. The molecule has 0 saturated carbocycles. The molecule has 6 nitrogen and oxygen atoms in total. The Bertz CT molecular complexity index is 647. The molecule has 0 aliphatic rings. The van der Waals surface area contributed by atoms with Crippen molar-refractivity contribution in [1.82, 2.24) is 0 Å². The van der Waals surface area contributed by atoms with E-state index in [2.05, 4.69) is 10.1 Å². The van der Waals surface area contributed by atoms with Crippen LogP contribution in [0.3, 0.4) is 0 Å². The molecular formula is C15H15ClN2O4. The van der Waals surface area contributed by atoms with E-state index >= 15 is 0 Å². The van der Waals surface area contributed by atoms with Crippen molar-refractivity contribution < 1.29 is 19.1 Å². The lowest BCUT2D eigenvalue weighted by Crippen LogP contribution is -2.13. The van der Waals surface area contributed by atoms with Crippen LogP contribution in [-0.4, -0.2) is 25.2 Å². The molecule has 0 heterocycles. The zero-order chi connectivity index (χ0) is 16.7. The maximum absolute atomic E-state index is 11.7. The quantitative estimate of drug-likeness (QED) is 0.509. The second-order valence-electron chi connectivity index (χ2n) is 4.43. The Labute approximate surface area is 133 Å². The maximum Gasteiger partial charge on any atom is 0.350 e. The summed E-state index contributed by atoms with van der Waals surface area (Å²) >= 11 is 6.08. The number of hydrogen-bond donors (Lipinski definition) is 1. The molecule has 0 aliphatic heterocycles. The van der Waals surface area contributed by atoms with Gasteiger partial charge in [0.1, 0.15) is 6.07 Å². The number of methoxy groups -OCH3 is 1. The number of nitrogens with one attached hydrogen (secondary N) is 1. The first-order valence-corrected chi connectivity index (χ1v) is 6.73. The van der Waals surface area contributed by atoms with Crippen LogP contribution in [0.2, 0.25) is 5.02 Å². The predicted molar refractivity (Wildman–Crippen MR) is 81.3 cm³/mol. The van der Waals surface area contributed by atoms with E-state index in [0.717, 1.165) is 0 Å². The largest absolute Gasteiger partial charge is 0.465 e.